The van der Waals surface area contributed by atoms with Gasteiger partial charge in [0.2, 0.25) is 0 Å². The number of hydrogen-bond donors (Lipinski definition) is 0. The molecule has 2 nitrogen and oxygen atoms in total. The minimum Gasteiger partial charge on any atom is -0.378 e. The lowest BCUT2D eigenvalue weighted by atomic mass is 10.1. The Kier molecular flexibility index (Phi) is 18.0. The first-order chi connectivity index (χ1) is 8.36. The molecule has 1 fully saturated rings. The summed E-state index contributed by atoms with van der Waals surface area (Å²) in [5.74, 6) is 0. The second-order valence-electron chi connectivity index (χ2n) is 3.91. The molecule has 17 heavy (non-hydrogen) atoms. The number of nitrogens with zero attached hydrogens (tertiary/aromatic N) is 1. The van der Waals surface area contributed by atoms with Gasteiger partial charge < -0.3 is 9.64 Å². The van der Waals surface area contributed by atoms with Gasteiger partial charge in [-0.25, -0.2) is 0 Å². The maximum Gasteiger partial charge on any atom is 0.0599 e. The van der Waals surface area contributed by atoms with Gasteiger partial charge in [0.05, 0.1) is 6.10 Å². The van der Waals surface area contributed by atoms with E-state index in [1.165, 1.54) is 38.9 Å². The van der Waals surface area contributed by atoms with E-state index in [9.17, 15) is 0 Å². The Morgan fingerprint density at radius 1 is 0.941 bits per heavy atom. The summed E-state index contributed by atoms with van der Waals surface area (Å²) in [4.78, 5) is 2.55. The molecule has 0 radical (unpaired) electrons. The zero-order valence-electron chi connectivity index (χ0n) is 13.1. The fraction of sp³-hybridized carbons (Fsp3) is 1.00. The van der Waals surface area contributed by atoms with E-state index >= 15 is 0 Å². The van der Waals surface area contributed by atoms with Gasteiger partial charge in [0.1, 0.15) is 0 Å². The lowest BCUT2D eigenvalue weighted by molar-refractivity contribution is 0.00798. The van der Waals surface area contributed by atoms with Crippen LogP contribution in [0.1, 0.15) is 67.2 Å². The predicted octanol–water partition coefficient (Wildman–Crippen LogP) is 4.34. The summed E-state index contributed by atoms with van der Waals surface area (Å²) in [5, 5.41) is 0. The van der Waals surface area contributed by atoms with Crippen molar-refractivity contribution in [2.45, 2.75) is 73.3 Å². The van der Waals surface area contributed by atoms with Crippen molar-refractivity contribution < 1.29 is 4.74 Å². The van der Waals surface area contributed by atoms with E-state index in [4.69, 9.17) is 4.74 Å². The fourth-order valence-corrected chi connectivity index (χ4v) is 1.90. The van der Waals surface area contributed by atoms with Gasteiger partial charge in [-0.2, -0.15) is 0 Å². The van der Waals surface area contributed by atoms with Crippen molar-refractivity contribution in [1.82, 2.24) is 4.90 Å². The number of ether oxygens (including phenoxy) is 1. The molecule has 0 amide bonds. The van der Waals surface area contributed by atoms with Gasteiger partial charge in [-0.1, -0.05) is 41.5 Å². The standard InChI is InChI=1S/C11H23NO.2C2H6/c1-3-7-12-8-5-11(6-9-12)13-10-4-2;2*1-2/h11H,3-10H2,1-2H3;2*1-2H3. The summed E-state index contributed by atoms with van der Waals surface area (Å²) in [6.07, 6.45) is 5.45. The van der Waals surface area contributed by atoms with Crippen LogP contribution in [0.25, 0.3) is 0 Å². The molecule has 0 bridgehead atoms. The molecule has 0 saturated carbocycles. The van der Waals surface area contributed by atoms with Crippen LogP contribution >= 0.6 is 0 Å². The van der Waals surface area contributed by atoms with E-state index in [1.807, 2.05) is 27.7 Å². The molecule has 1 aliphatic heterocycles. The Morgan fingerprint density at radius 2 is 1.47 bits per heavy atom. The van der Waals surface area contributed by atoms with Crippen LogP contribution in [0, 0.1) is 0 Å². The third kappa shape index (κ3) is 10.8. The average Bonchev–Trinajstić information content (AvgIpc) is 2.43. The SMILES string of the molecule is CC.CC.CCCOC1CCN(CCC)CC1. The zero-order chi connectivity index (χ0) is 13.5. The van der Waals surface area contributed by atoms with Gasteiger partial charge in [-0.15, -0.1) is 0 Å². The Labute approximate surface area is 110 Å². The molecule has 1 aliphatic rings. The van der Waals surface area contributed by atoms with Crippen LogP contribution < -0.4 is 0 Å². The third-order valence-corrected chi connectivity index (χ3v) is 2.63. The molecule has 0 N–H and O–H groups in total. The molecule has 0 aromatic rings. The second kappa shape index (κ2) is 15.9. The van der Waals surface area contributed by atoms with Crippen LogP contribution in [-0.2, 0) is 4.74 Å². The Bertz CT molecular complexity index is 120. The normalized spacial score (nSPS) is 16.6. The zero-order valence-corrected chi connectivity index (χ0v) is 13.1. The Morgan fingerprint density at radius 3 is 1.88 bits per heavy atom. The first kappa shape index (κ1) is 19.3. The Hall–Kier alpha value is -0.0800. The van der Waals surface area contributed by atoms with Crippen LogP contribution in [0.4, 0.5) is 0 Å². The van der Waals surface area contributed by atoms with Gasteiger partial charge in [0.15, 0.2) is 0 Å². The van der Waals surface area contributed by atoms with Crippen LogP contribution in [0.5, 0.6) is 0 Å². The van der Waals surface area contributed by atoms with E-state index < -0.39 is 0 Å². The molecule has 1 saturated heterocycles. The van der Waals surface area contributed by atoms with Crippen LogP contribution in [0.2, 0.25) is 0 Å². The van der Waals surface area contributed by atoms with Gasteiger partial charge in [-0.3, -0.25) is 0 Å². The van der Waals surface area contributed by atoms with Crippen molar-refractivity contribution in [2.75, 3.05) is 26.2 Å². The highest BCUT2D eigenvalue weighted by atomic mass is 16.5. The highest BCUT2D eigenvalue weighted by molar-refractivity contribution is 4.71. The molecular formula is C15H35NO. The van der Waals surface area contributed by atoms with Crippen molar-refractivity contribution in [3.05, 3.63) is 0 Å². The molecule has 0 unspecified atom stereocenters. The quantitative estimate of drug-likeness (QED) is 0.714. The minimum atomic E-state index is 0.549. The minimum absolute atomic E-state index is 0.549. The summed E-state index contributed by atoms with van der Waals surface area (Å²) >= 11 is 0. The topological polar surface area (TPSA) is 12.5 Å². The monoisotopic (exact) mass is 245 g/mol. The predicted molar refractivity (Wildman–Crippen MR) is 78.7 cm³/mol. The van der Waals surface area contributed by atoms with E-state index in [-0.39, 0.29) is 0 Å². The summed E-state index contributed by atoms with van der Waals surface area (Å²) in [5.41, 5.74) is 0. The second-order valence-corrected chi connectivity index (χ2v) is 3.91. The summed E-state index contributed by atoms with van der Waals surface area (Å²) in [7, 11) is 0. The number of rotatable bonds is 5. The summed E-state index contributed by atoms with van der Waals surface area (Å²) in [6, 6.07) is 0. The van der Waals surface area contributed by atoms with Gasteiger partial charge in [-0.05, 0) is 32.2 Å². The van der Waals surface area contributed by atoms with Crippen LogP contribution in [0.3, 0.4) is 0 Å². The number of likely N-dealkylation sites (tertiary alicyclic amines) is 1. The summed E-state index contributed by atoms with van der Waals surface area (Å²) in [6.45, 7) is 17.1. The lowest BCUT2D eigenvalue weighted by Gasteiger charge is -2.31. The number of piperidine rings is 1. The van der Waals surface area contributed by atoms with Crippen molar-refractivity contribution in [1.29, 1.82) is 0 Å². The van der Waals surface area contributed by atoms with Gasteiger partial charge >= 0.3 is 0 Å². The molecule has 1 heterocycles. The third-order valence-electron chi connectivity index (χ3n) is 2.63. The van der Waals surface area contributed by atoms with Gasteiger partial charge in [0, 0.05) is 19.7 Å². The molecule has 106 valence electrons. The molecule has 1 rings (SSSR count). The van der Waals surface area contributed by atoms with E-state index in [1.54, 1.807) is 0 Å². The maximum atomic E-state index is 5.73. The van der Waals surface area contributed by atoms with Crippen molar-refractivity contribution in [3.8, 4) is 0 Å². The van der Waals surface area contributed by atoms with Crippen LogP contribution in [0.15, 0.2) is 0 Å². The number of hydrogen-bond acceptors (Lipinski definition) is 2. The first-order valence-electron chi connectivity index (χ1n) is 7.70. The van der Waals surface area contributed by atoms with E-state index in [2.05, 4.69) is 18.7 Å². The molecule has 2 heteroatoms. The molecule has 0 aliphatic carbocycles. The molecule has 0 aromatic carbocycles. The highest BCUT2D eigenvalue weighted by Crippen LogP contribution is 2.13. The van der Waals surface area contributed by atoms with E-state index in [0.717, 1.165) is 13.0 Å². The van der Waals surface area contributed by atoms with E-state index in [0.29, 0.717) is 6.10 Å². The fourth-order valence-electron chi connectivity index (χ4n) is 1.90. The van der Waals surface area contributed by atoms with Crippen LogP contribution in [-0.4, -0.2) is 37.2 Å². The smallest absolute Gasteiger partial charge is 0.0599 e. The Balaban J connectivity index is 0. The highest BCUT2D eigenvalue weighted by Gasteiger charge is 2.18. The molecular weight excluding hydrogens is 210 g/mol. The molecule has 0 spiro atoms. The lowest BCUT2D eigenvalue weighted by Crippen LogP contribution is -2.37. The summed E-state index contributed by atoms with van der Waals surface area (Å²) < 4.78 is 5.73. The largest absolute Gasteiger partial charge is 0.378 e. The molecule has 0 aromatic heterocycles. The molecule has 0 atom stereocenters. The maximum absolute atomic E-state index is 5.73. The van der Waals surface area contributed by atoms with Crippen molar-refractivity contribution in [2.24, 2.45) is 0 Å². The first-order valence-corrected chi connectivity index (χ1v) is 7.70. The average molecular weight is 245 g/mol. The van der Waals surface area contributed by atoms with Gasteiger partial charge in [0.25, 0.3) is 0 Å². The van der Waals surface area contributed by atoms with Crippen molar-refractivity contribution in [3.63, 3.8) is 0 Å². The van der Waals surface area contributed by atoms with Crippen molar-refractivity contribution >= 4 is 0 Å².